The van der Waals surface area contributed by atoms with Crippen molar-refractivity contribution in [3.8, 4) is 0 Å². The van der Waals surface area contributed by atoms with Crippen molar-refractivity contribution in [1.29, 1.82) is 0 Å². The Kier molecular flexibility index (Phi) is 2.93. The van der Waals surface area contributed by atoms with Crippen LogP contribution < -0.4 is 5.73 Å². The monoisotopic (exact) mass is 229 g/mol. The summed E-state index contributed by atoms with van der Waals surface area (Å²) in [6, 6.07) is 2.31. The molecule has 0 aliphatic heterocycles. The lowest BCUT2D eigenvalue weighted by atomic mass is 9.64. The summed E-state index contributed by atoms with van der Waals surface area (Å²) in [4.78, 5) is 0. The van der Waals surface area contributed by atoms with Crippen molar-refractivity contribution in [2.45, 2.75) is 31.4 Å². The van der Waals surface area contributed by atoms with Gasteiger partial charge in [0.2, 0.25) is 0 Å². The summed E-state index contributed by atoms with van der Waals surface area (Å²) in [7, 11) is 0. The smallest absolute Gasteiger partial charge is 0.162 e. The maximum Gasteiger partial charge on any atom is 0.162 e. The largest absolute Gasteiger partial charge is 0.330 e. The second kappa shape index (κ2) is 4.09. The summed E-state index contributed by atoms with van der Waals surface area (Å²) in [5.41, 5.74) is 5.57. The highest BCUT2D eigenvalue weighted by molar-refractivity contribution is 5.34. The molecule has 0 atom stereocenters. The van der Waals surface area contributed by atoms with Crippen LogP contribution in [-0.2, 0) is 12.1 Å². The Morgan fingerprint density at radius 1 is 1.25 bits per heavy atom. The molecular weight excluding hydrogens is 215 g/mol. The third kappa shape index (κ3) is 1.61. The molecule has 4 heteroatoms. The van der Waals surface area contributed by atoms with Crippen LogP contribution in [0.2, 0.25) is 0 Å². The van der Waals surface area contributed by atoms with Crippen LogP contribution in [0.5, 0.6) is 0 Å². The Hall–Kier alpha value is -1.03. The highest BCUT2D eigenvalue weighted by Gasteiger charge is 2.40. The molecule has 2 N–H and O–H groups in total. The summed E-state index contributed by atoms with van der Waals surface area (Å²) in [6.07, 6.45) is 2.45. The van der Waals surface area contributed by atoms with Crippen LogP contribution in [0.15, 0.2) is 12.1 Å². The van der Waals surface area contributed by atoms with Gasteiger partial charge < -0.3 is 5.73 Å². The minimum Gasteiger partial charge on any atom is -0.330 e. The normalized spacial score (nSPS) is 18.2. The summed E-state index contributed by atoms with van der Waals surface area (Å²) < 4.78 is 39.5. The fourth-order valence-corrected chi connectivity index (χ4v) is 2.30. The van der Waals surface area contributed by atoms with Crippen LogP contribution >= 0.6 is 0 Å². The molecule has 2 rings (SSSR count). The van der Waals surface area contributed by atoms with E-state index in [0.29, 0.717) is 0 Å². The Balaban J connectivity index is 2.50. The molecule has 88 valence electrons. The molecule has 0 heterocycles. The summed E-state index contributed by atoms with van der Waals surface area (Å²) in [5, 5.41) is 0. The van der Waals surface area contributed by atoms with E-state index in [-0.39, 0.29) is 17.7 Å². The quantitative estimate of drug-likeness (QED) is 0.847. The van der Waals surface area contributed by atoms with Crippen molar-refractivity contribution < 1.29 is 13.2 Å². The number of halogens is 3. The lowest BCUT2D eigenvalue weighted by molar-refractivity contribution is 0.241. The molecule has 0 saturated heterocycles. The third-order valence-corrected chi connectivity index (χ3v) is 3.52. The molecule has 1 aliphatic carbocycles. The van der Waals surface area contributed by atoms with E-state index in [4.69, 9.17) is 5.73 Å². The molecule has 1 fully saturated rings. The molecule has 1 aromatic carbocycles. The molecule has 0 amide bonds. The van der Waals surface area contributed by atoms with E-state index >= 15 is 0 Å². The van der Waals surface area contributed by atoms with Gasteiger partial charge in [0.25, 0.3) is 0 Å². The molecule has 0 bridgehead atoms. The molecule has 0 unspecified atom stereocenters. The van der Waals surface area contributed by atoms with E-state index in [0.717, 1.165) is 25.3 Å². The van der Waals surface area contributed by atoms with Crippen LogP contribution in [0, 0.1) is 11.6 Å². The maximum absolute atomic E-state index is 13.7. The van der Waals surface area contributed by atoms with Crippen LogP contribution in [0.25, 0.3) is 0 Å². The van der Waals surface area contributed by atoms with E-state index in [9.17, 15) is 13.2 Å². The number of benzene rings is 1. The number of rotatable bonds is 3. The maximum atomic E-state index is 13.7. The second-order valence-corrected chi connectivity index (χ2v) is 4.41. The van der Waals surface area contributed by atoms with Gasteiger partial charge >= 0.3 is 0 Å². The minimum atomic E-state index is -0.982. The summed E-state index contributed by atoms with van der Waals surface area (Å²) in [5.74, 6) is -1.85. The fourth-order valence-electron chi connectivity index (χ4n) is 2.30. The third-order valence-electron chi connectivity index (χ3n) is 3.52. The minimum absolute atomic E-state index is 0.175. The van der Waals surface area contributed by atoms with Crippen LogP contribution in [0.4, 0.5) is 13.2 Å². The topological polar surface area (TPSA) is 26.0 Å². The number of alkyl halides is 1. The summed E-state index contributed by atoms with van der Waals surface area (Å²) in [6.45, 7) is -0.510. The van der Waals surface area contributed by atoms with E-state index in [1.165, 1.54) is 6.07 Å². The van der Waals surface area contributed by atoms with Gasteiger partial charge in [0.1, 0.15) is 6.67 Å². The highest BCUT2D eigenvalue weighted by Crippen LogP contribution is 2.44. The van der Waals surface area contributed by atoms with E-state index in [1.807, 2.05) is 0 Å². The Morgan fingerprint density at radius 3 is 2.38 bits per heavy atom. The zero-order valence-electron chi connectivity index (χ0n) is 8.90. The van der Waals surface area contributed by atoms with E-state index in [2.05, 4.69) is 0 Å². The first-order chi connectivity index (χ1) is 7.63. The molecule has 1 nitrogen and oxygen atoms in total. The zero-order chi connectivity index (χ0) is 11.8. The molecule has 0 aromatic heterocycles. The lowest BCUT2D eigenvalue weighted by Gasteiger charge is -2.41. The first-order valence-electron chi connectivity index (χ1n) is 5.37. The first kappa shape index (κ1) is 11.5. The first-order valence-corrected chi connectivity index (χ1v) is 5.37. The van der Waals surface area contributed by atoms with Gasteiger partial charge in [0.05, 0.1) is 0 Å². The predicted octanol–water partition coefficient (Wildman–Crippen LogP) is 2.81. The Labute approximate surface area is 92.5 Å². The fraction of sp³-hybridized carbons (Fsp3) is 0.500. The van der Waals surface area contributed by atoms with Crippen LogP contribution in [-0.4, -0.2) is 6.54 Å². The van der Waals surface area contributed by atoms with Gasteiger partial charge in [-0.05, 0) is 36.1 Å². The van der Waals surface area contributed by atoms with Gasteiger partial charge in [0, 0.05) is 12.0 Å². The van der Waals surface area contributed by atoms with Gasteiger partial charge in [-0.2, -0.15) is 0 Å². The van der Waals surface area contributed by atoms with Gasteiger partial charge in [-0.3, -0.25) is 0 Å². The second-order valence-electron chi connectivity index (χ2n) is 4.41. The van der Waals surface area contributed by atoms with Crippen molar-refractivity contribution in [3.05, 3.63) is 34.9 Å². The van der Waals surface area contributed by atoms with Crippen molar-refractivity contribution in [2.24, 2.45) is 5.73 Å². The lowest BCUT2D eigenvalue weighted by Crippen LogP contribution is -2.42. The summed E-state index contributed by atoms with van der Waals surface area (Å²) >= 11 is 0. The molecular formula is C12H14F3N. The molecule has 16 heavy (non-hydrogen) atoms. The Morgan fingerprint density at radius 2 is 1.94 bits per heavy atom. The van der Waals surface area contributed by atoms with Crippen LogP contribution in [0.1, 0.15) is 30.4 Å². The average molecular weight is 229 g/mol. The Bertz CT molecular complexity index is 394. The van der Waals surface area contributed by atoms with Gasteiger partial charge in [-0.1, -0.05) is 6.42 Å². The van der Waals surface area contributed by atoms with Gasteiger partial charge in [0.15, 0.2) is 11.6 Å². The van der Waals surface area contributed by atoms with Crippen molar-refractivity contribution in [3.63, 3.8) is 0 Å². The number of hydrogen-bond donors (Lipinski definition) is 1. The molecule has 0 radical (unpaired) electrons. The number of nitrogens with two attached hydrogens (primary N) is 1. The SMILES string of the molecule is NCC1(c2cc(CF)cc(F)c2F)CCC1. The molecule has 1 aliphatic rings. The van der Waals surface area contributed by atoms with E-state index in [1.54, 1.807) is 0 Å². The predicted molar refractivity (Wildman–Crippen MR) is 55.8 cm³/mol. The standard InChI is InChI=1S/C12H14F3N/c13-6-8-4-9(11(15)10(14)5-8)12(7-16)2-1-3-12/h4-5H,1-3,6-7,16H2. The number of hydrogen-bond acceptors (Lipinski definition) is 1. The van der Waals surface area contributed by atoms with Gasteiger partial charge in [-0.25, -0.2) is 13.2 Å². The van der Waals surface area contributed by atoms with E-state index < -0.39 is 23.7 Å². The van der Waals surface area contributed by atoms with Crippen molar-refractivity contribution >= 4 is 0 Å². The highest BCUT2D eigenvalue weighted by atomic mass is 19.2. The van der Waals surface area contributed by atoms with Crippen molar-refractivity contribution in [2.75, 3.05) is 6.54 Å². The zero-order valence-corrected chi connectivity index (χ0v) is 8.90. The van der Waals surface area contributed by atoms with Crippen LogP contribution in [0.3, 0.4) is 0 Å². The molecule has 1 saturated carbocycles. The molecule has 0 spiro atoms. The molecule has 1 aromatic rings. The van der Waals surface area contributed by atoms with Gasteiger partial charge in [-0.15, -0.1) is 0 Å². The average Bonchev–Trinajstić information content (AvgIpc) is 2.23. The van der Waals surface area contributed by atoms with Crippen molar-refractivity contribution in [1.82, 2.24) is 0 Å².